The van der Waals surface area contributed by atoms with Gasteiger partial charge in [0.25, 0.3) is 0 Å². The first kappa shape index (κ1) is 12.2. The fourth-order valence-corrected chi connectivity index (χ4v) is 1.56. The van der Waals surface area contributed by atoms with E-state index in [2.05, 4.69) is 12.2 Å². The standard InChI is InChI=1S/C9H19NO.ClH/c1-2-11-8-5-9-3-6-10-7-4-9;/h9-10H,2-8H2,1H3;1H. The van der Waals surface area contributed by atoms with Crippen LogP contribution in [0.4, 0.5) is 0 Å². The minimum Gasteiger partial charge on any atom is -0.382 e. The monoisotopic (exact) mass is 193 g/mol. The van der Waals surface area contributed by atoms with Crippen molar-refractivity contribution in [2.45, 2.75) is 26.2 Å². The van der Waals surface area contributed by atoms with Crippen molar-refractivity contribution >= 4 is 12.4 Å². The largest absolute Gasteiger partial charge is 0.382 e. The van der Waals surface area contributed by atoms with Crippen LogP contribution in [0.5, 0.6) is 0 Å². The molecule has 0 aromatic rings. The quantitative estimate of drug-likeness (QED) is 0.688. The summed E-state index contributed by atoms with van der Waals surface area (Å²) in [4.78, 5) is 0. The lowest BCUT2D eigenvalue weighted by Crippen LogP contribution is -2.28. The van der Waals surface area contributed by atoms with Gasteiger partial charge in [-0.1, -0.05) is 0 Å². The Balaban J connectivity index is 0.00000121. The Bertz CT molecular complexity index is 94.5. The van der Waals surface area contributed by atoms with E-state index in [1.807, 2.05) is 0 Å². The van der Waals surface area contributed by atoms with Crippen LogP contribution < -0.4 is 5.32 Å². The Morgan fingerprint density at radius 2 is 2.00 bits per heavy atom. The van der Waals surface area contributed by atoms with Crippen molar-refractivity contribution in [3.05, 3.63) is 0 Å². The zero-order valence-corrected chi connectivity index (χ0v) is 8.66. The van der Waals surface area contributed by atoms with Crippen LogP contribution in [0.25, 0.3) is 0 Å². The van der Waals surface area contributed by atoms with E-state index < -0.39 is 0 Å². The number of hydrogen-bond donors (Lipinski definition) is 1. The molecule has 0 aromatic carbocycles. The third-order valence-electron chi connectivity index (χ3n) is 2.33. The number of halogens is 1. The first-order valence-electron chi connectivity index (χ1n) is 4.72. The molecule has 1 aliphatic rings. The molecule has 0 unspecified atom stereocenters. The highest BCUT2D eigenvalue weighted by Gasteiger charge is 2.11. The molecule has 0 amide bonds. The van der Waals surface area contributed by atoms with Gasteiger partial charge in [0, 0.05) is 13.2 Å². The van der Waals surface area contributed by atoms with Crippen LogP contribution in [-0.4, -0.2) is 26.3 Å². The summed E-state index contributed by atoms with van der Waals surface area (Å²) in [5.41, 5.74) is 0. The Hall–Kier alpha value is 0.210. The third-order valence-corrected chi connectivity index (χ3v) is 2.33. The van der Waals surface area contributed by atoms with Gasteiger partial charge in [-0.2, -0.15) is 0 Å². The van der Waals surface area contributed by atoms with E-state index in [0.717, 1.165) is 19.1 Å². The smallest absolute Gasteiger partial charge is 0.0468 e. The van der Waals surface area contributed by atoms with Crippen molar-refractivity contribution in [2.24, 2.45) is 5.92 Å². The number of ether oxygens (including phenoxy) is 1. The van der Waals surface area contributed by atoms with Gasteiger partial charge >= 0.3 is 0 Å². The van der Waals surface area contributed by atoms with E-state index in [1.165, 1.54) is 32.4 Å². The molecular weight excluding hydrogens is 174 g/mol. The molecule has 3 heteroatoms. The molecule has 0 radical (unpaired) electrons. The maximum absolute atomic E-state index is 5.32. The number of nitrogens with one attached hydrogen (secondary N) is 1. The minimum absolute atomic E-state index is 0. The Labute approximate surface area is 81.5 Å². The maximum atomic E-state index is 5.32. The van der Waals surface area contributed by atoms with Gasteiger partial charge in [-0.15, -0.1) is 12.4 Å². The Kier molecular flexibility index (Phi) is 7.98. The second-order valence-electron chi connectivity index (χ2n) is 3.18. The predicted octanol–water partition coefficient (Wildman–Crippen LogP) is 1.83. The highest BCUT2D eigenvalue weighted by molar-refractivity contribution is 5.85. The molecule has 0 aromatic heterocycles. The molecule has 0 atom stereocenters. The number of piperidine rings is 1. The summed E-state index contributed by atoms with van der Waals surface area (Å²) in [6, 6.07) is 0. The van der Waals surface area contributed by atoms with E-state index in [9.17, 15) is 0 Å². The normalized spacial score (nSPS) is 18.8. The van der Waals surface area contributed by atoms with E-state index in [4.69, 9.17) is 4.74 Å². The lowest BCUT2D eigenvalue weighted by atomic mass is 9.95. The van der Waals surface area contributed by atoms with Crippen molar-refractivity contribution in [3.63, 3.8) is 0 Å². The molecule has 1 aliphatic heterocycles. The molecule has 1 N–H and O–H groups in total. The van der Waals surface area contributed by atoms with Gasteiger partial charge in [-0.05, 0) is 45.2 Å². The zero-order chi connectivity index (χ0) is 7.94. The number of hydrogen-bond acceptors (Lipinski definition) is 2. The van der Waals surface area contributed by atoms with Gasteiger partial charge in [-0.3, -0.25) is 0 Å². The van der Waals surface area contributed by atoms with Gasteiger partial charge in [0.05, 0.1) is 0 Å². The molecule has 1 fully saturated rings. The molecular formula is C9H20ClNO. The second-order valence-corrected chi connectivity index (χ2v) is 3.18. The topological polar surface area (TPSA) is 21.3 Å². The van der Waals surface area contributed by atoms with Gasteiger partial charge in [0.15, 0.2) is 0 Å². The van der Waals surface area contributed by atoms with Gasteiger partial charge in [-0.25, -0.2) is 0 Å². The van der Waals surface area contributed by atoms with Gasteiger partial charge < -0.3 is 10.1 Å². The van der Waals surface area contributed by atoms with E-state index >= 15 is 0 Å². The van der Waals surface area contributed by atoms with Crippen molar-refractivity contribution in [3.8, 4) is 0 Å². The minimum atomic E-state index is 0. The van der Waals surface area contributed by atoms with Crippen LogP contribution in [0, 0.1) is 5.92 Å². The summed E-state index contributed by atoms with van der Waals surface area (Å²) in [6.45, 7) is 6.29. The highest BCUT2D eigenvalue weighted by atomic mass is 35.5. The summed E-state index contributed by atoms with van der Waals surface area (Å²) >= 11 is 0. The molecule has 2 nitrogen and oxygen atoms in total. The van der Waals surface area contributed by atoms with Crippen LogP contribution in [-0.2, 0) is 4.74 Å². The lowest BCUT2D eigenvalue weighted by Gasteiger charge is -2.22. The molecule has 0 spiro atoms. The molecule has 1 saturated heterocycles. The molecule has 0 bridgehead atoms. The average molecular weight is 194 g/mol. The van der Waals surface area contributed by atoms with E-state index in [0.29, 0.717) is 0 Å². The van der Waals surface area contributed by atoms with Crippen molar-refractivity contribution in [2.75, 3.05) is 26.3 Å². The van der Waals surface area contributed by atoms with Crippen LogP contribution in [0.1, 0.15) is 26.2 Å². The molecule has 12 heavy (non-hydrogen) atoms. The average Bonchev–Trinajstić information content (AvgIpc) is 2.07. The summed E-state index contributed by atoms with van der Waals surface area (Å²) in [6.07, 6.45) is 3.94. The first-order valence-corrected chi connectivity index (χ1v) is 4.72. The maximum Gasteiger partial charge on any atom is 0.0468 e. The fraction of sp³-hybridized carbons (Fsp3) is 1.00. The number of rotatable bonds is 4. The molecule has 0 aliphatic carbocycles. The Morgan fingerprint density at radius 3 is 2.58 bits per heavy atom. The van der Waals surface area contributed by atoms with Crippen LogP contribution >= 0.6 is 12.4 Å². The molecule has 74 valence electrons. The van der Waals surface area contributed by atoms with Gasteiger partial charge in [0.1, 0.15) is 0 Å². The van der Waals surface area contributed by atoms with Crippen LogP contribution in [0.2, 0.25) is 0 Å². The second kappa shape index (κ2) is 7.84. The zero-order valence-electron chi connectivity index (χ0n) is 7.84. The van der Waals surface area contributed by atoms with Crippen LogP contribution in [0.15, 0.2) is 0 Å². The SMILES string of the molecule is CCOCCC1CCNCC1.Cl. The van der Waals surface area contributed by atoms with E-state index in [1.54, 1.807) is 0 Å². The lowest BCUT2D eigenvalue weighted by molar-refractivity contribution is 0.126. The summed E-state index contributed by atoms with van der Waals surface area (Å²) in [7, 11) is 0. The van der Waals surface area contributed by atoms with Gasteiger partial charge in [0.2, 0.25) is 0 Å². The Morgan fingerprint density at radius 1 is 1.33 bits per heavy atom. The highest BCUT2D eigenvalue weighted by Crippen LogP contribution is 2.15. The molecule has 1 rings (SSSR count). The van der Waals surface area contributed by atoms with Crippen LogP contribution in [0.3, 0.4) is 0 Å². The molecule has 1 heterocycles. The first-order chi connectivity index (χ1) is 5.43. The fourth-order valence-electron chi connectivity index (χ4n) is 1.56. The van der Waals surface area contributed by atoms with Crippen molar-refractivity contribution in [1.82, 2.24) is 5.32 Å². The molecule has 0 saturated carbocycles. The summed E-state index contributed by atoms with van der Waals surface area (Å²) < 4.78 is 5.32. The third kappa shape index (κ3) is 4.96. The summed E-state index contributed by atoms with van der Waals surface area (Å²) in [5, 5.41) is 3.36. The van der Waals surface area contributed by atoms with Crippen molar-refractivity contribution in [1.29, 1.82) is 0 Å². The predicted molar refractivity (Wildman–Crippen MR) is 54.0 cm³/mol. The summed E-state index contributed by atoms with van der Waals surface area (Å²) in [5.74, 6) is 0.919. The van der Waals surface area contributed by atoms with Crippen molar-refractivity contribution < 1.29 is 4.74 Å². The van der Waals surface area contributed by atoms with E-state index in [-0.39, 0.29) is 12.4 Å².